The molecule has 132 valence electrons. The fourth-order valence-electron chi connectivity index (χ4n) is 3.54. The summed E-state index contributed by atoms with van der Waals surface area (Å²) in [6.07, 6.45) is 1.63. The van der Waals surface area contributed by atoms with Crippen LogP contribution in [0.1, 0.15) is 25.3 Å². The second-order valence-corrected chi connectivity index (χ2v) is 8.62. The van der Waals surface area contributed by atoms with Gasteiger partial charge in [-0.25, -0.2) is 8.42 Å². The maximum absolute atomic E-state index is 12.8. The number of morpholine rings is 1. The minimum atomic E-state index is -3.40. The van der Waals surface area contributed by atoms with E-state index in [2.05, 4.69) is 0 Å². The van der Waals surface area contributed by atoms with Gasteiger partial charge < -0.3 is 9.64 Å². The average molecular weight is 352 g/mol. The second kappa shape index (κ2) is 6.82. The highest BCUT2D eigenvalue weighted by Gasteiger charge is 2.44. The van der Waals surface area contributed by atoms with E-state index in [4.69, 9.17) is 4.74 Å². The van der Waals surface area contributed by atoms with Crippen LogP contribution >= 0.6 is 0 Å². The highest BCUT2D eigenvalue weighted by Crippen LogP contribution is 2.30. The number of benzene rings is 1. The maximum Gasteiger partial charge on any atom is 0.219 e. The highest BCUT2D eigenvalue weighted by molar-refractivity contribution is 7.88. The van der Waals surface area contributed by atoms with E-state index in [1.165, 1.54) is 4.31 Å². The molecule has 1 aromatic rings. The van der Waals surface area contributed by atoms with Crippen LogP contribution in [0.25, 0.3) is 0 Å². The predicted octanol–water partition coefficient (Wildman–Crippen LogP) is 1.23. The SMILES string of the molecule is CC(=O)N1CCC[C@@]2(C1)CN(S(=O)(=O)Cc1ccccc1)CCO2. The lowest BCUT2D eigenvalue weighted by Gasteiger charge is -2.47. The Hall–Kier alpha value is -1.44. The van der Waals surface area contributed by atoms with Crippen molar-refractivity contribution in [3.8, 4) is 0 Å². The van der Waals surface area contributed by atoms with Gasteiger partial charge in [0.25, 0.3) is 0 Å². The molecular formula is C17H24N2O4S. The molecule has 7 heteroatoms. The molecular weight excluding hydrogens is 328 g/mol. The van der Waals surface area contributed by atoms with Crippen molar-refractivity contribution in [2.24, 2.45) is 0 Å². The van der Waals surface area contributed by atoms with Crippen molar-refractivity contribution in [2.45, 2.75) is 31.1 Å². The van der Waals surface area contributed by atoms with E-state index in [1.54, 1.807) is 11.8 Å². The van der Waals surface area contributed by atoms with Crippen molar-refractivity contribution in [1.29, 1.82) is 0 Å². The monoisotopic (exact) mass is 352 g/mol. The Kier molecular flexibility index (Phi) is 4.94. The zero-order chi connectivity index (χ0) is 17.2. The van der Waals surface area contributed by atoms with Crippen molar-refractivity contribution in [3.05, 3.63) is 35.9 Å². The maximum atomic E-state index is 12.8. The average Bonchev–Trinajstić information content (AvgIpc) is 2.55. The van der Waals surface area contributed by atoms with Gasteiger partial charge in [-0.05, 0) is 18.4 Å². The number of piperidine rings is 1. The summed E-state index contributed by atoms with van der Waals surface area (Å²) in [5.41, 5.74) is 0.221. The number of carbonyl (C=O) groups is 1. The van der Waals surface area contributed by atoms with Gasteiger partial charge >= 0.3 is 0 Å². The van der Waals surface area contributed by atoms with Crippen LogP contribution < -0.4 is 0 Å². The third-order valence-electron chi connectivity index (χ3n) is 4.78. The first kappa shape index (κ1) is 17.4. The first-order valence-electron chi connectivity index (χ1n) is 8.31. The fourth-order valence-corrected chi connectivity index (χ4v) is 5.12. The lowest BCUT2D eigenvalue weighted by molar-refractivity contribution is -0.149. The Bertz CT molecular complexity index is 688. The molecule has 0 radical (unpaired) electrons. The summed E-state index contributed by atoms with van der Waals surface area (Å²) in [4.78, 5) is 13.4. The van der Waals surface area contributed by atoms with Crippen molar-refractivity contribution in [1.82, 2.24) is 9.21 Å². The predicted molar refractivity (Wildman–Crippen MR) is 90.8 cm³/mol. The fraction of sp³-hybridized carbons (Fsp3) is 0.588. The van der Waals surface area contributed by atoms with Crippen LogP contribution in [0, 0.1) is 0 Å². The quantitative estimate of drug-likeness (QED) is 0.821. The number of likely N-dealkylation sites (tertiary alicyclic amines) is 1. The lowest BCUT2D eigenvalue weighted by Crippen LogP contribution is -2.61. The molecule has 24 heavy (non-hydrogen) atoms. The number of hydrogen-bond acceptors (Lipinski definition) is 4. The van der Waals surface area contributed by atoms with Gasteiger partial charge in [-0.3, -0.25) is 4.79 Å². The molecule has 0 aromatic heterocycles. The second-order valence-electron chi connectivity index (χ2n) is 6.65. The molecule has 2 heterocycles. The van der Waals surface area contributed by atoms with Crippen molar-refractivity contribution < 1.29 is 17.9 Å². The molecule has 0 bridgehead atoms. The third kappa shape index (κ3) is 3.79. The largest absolute Gasteiger partial charge is 0.370 e. The lowest BCUT2D eigenvalue weighted by atomic mass is 9.91. The number of amides is 1. The van der Waals surface area contributed by atoms with Gasteiger partial charge in [0.15, 0.2) is 0 Å². The molecule has 0 N–H and O–H groups in total. The highest BCUT2D eigenvalue weighted by atomic mass is 32.2. The standard InChI is InChI=1S/C17H24N2O4S/c1-15(20)18-9-5-8-17(13-18)14-19(10-11-23-17)24(21,22)12-16-6-3-2-4-7-16/h2-4,6-7H,5,8-14H2,1H3/t17-/m1/s1. The van der Waals surface area contributed by atoms with Crippen LogP contribution in [-0.2, 0) is 25.3 Å². The summed E-state index contributed by atoms with van der Waals surface area (Å²) in [6, 6.07) is 9.21. The van der Waals surface area contributed by atoms with Crippen molar-refractivity contribution in [2.75, 3.05) is 32.8 Å². The van der Waals surface area contributed by atoms with Crippen molar-refractivity contribution >= 4 is 15.9 Å². The van der Waals surface area contributed by atoms with Crippen molar-refractivity contribution in [3.63, 3.8) is 0 Å². The van der Waals surface area contributed by atoms with Crippen LogP contribution in [0.15, 0.2) is 30.3 Å². The number of hydrogen-bond donors (Lipinski definition) is 0. The molecule has 0 aliphatic carbocycles. The topological polar surface area (TPSA) is 66.9 Å². The molecule has 2 fully saturated rings. The molecule has 0 unspecified atom stereocenters. The summed E-state index contributed by atoms with van der Waals surface area (Å²) in [5, 5.41) is 0. The van der Waals surface area contributed by atoms with Gasteiger partial charge in [0, 0.05) is 26.6 Å². The van der Waals surface area contributed by atoms with Crippen LogP contribution in [-0.4, -0.2) is 61.9 Å². The summed E-state index contributed by atoms with van der Waals surface area (Å²) in [6.45, 7) is 3.81. The van der Waals surface area contributed by atoms with Crippen LogP contribution in [0.5, 0.6) is 0 Å². The minimum Gasteiger partial charge on any atom is -0.370 e. The van der Waals surface area contributed by atoms with E-state index >= 15 is 0 Å². The number of ether oxygens (including phenoxy) is 1. The Morgan fingerprint density at radius 1 is 1.21 bits per heavy atom. The zero-order valence-corrected chi connectivity index (χ0v) is 14.8. The van der Waals surface area contributed by atoms with E-state index in [0.29, 0.717) is 26.2 Å². The Labute approximate surface area is 143 Å². The number of carbonyl (C=O) groups excluding carboxylic acids is 1. The van der Waals surface area contributed by atoms with E-state index in [9.17, 15) is 13.2 Å². The zero-order valence-electron chi connectivity index (χ0n) is 14.0. The molecule has 3 rings (SSSR count). The van der Waals surface area contributed by atoms with E-state index in [0.717, 1.165) is 24.9 Å². The Morgan fingerprint density at radius 3 is 2.67 bits per heavy atom. The Balaban J connectivity index is 1.74. The molecule has 0 saturated carbocycles. The molecule has 6 nitrogen and oxygen atoms in total. The molecule has 1 aromatic carbocycles. The van der Waals surface area contributed by atoms with E-state index in [1.807, 2.05) is 30.3 Å². The normalized spacial score (nSPS) is 25.8. The van der Waals surface area contributed by atoms with Gasteiger partial charge in [0.05, 0.1) is 24.5 Å². The summed E-state index contributed by atoms with van der Waals surface area (Å²) in [5.74, 6) is 0.0160. The molecule has 2 saturated heterocycles. The molecule has 1 amide bonds. The first-order chi connectivity index (χ1) is 11.4. The first-order valence-corrected chi connectivity index (χ1v) is 9.92. The van der Waals surface area contributed by atoms with Gasteiger partial charge in [0.2, 0.25) is 15.9 Å². The smallest absolute Gasteiger partial charge is 0.219 e. The van der Waals surface area contributed by atoms with Gasteiger partial charge in [-0.2, -0.15) is 4.31 Å². The van der Waals surface area contributed by atoms with Gasteiger partial charge in [-0.1, -0.05) is 30.3 Å². The molecule has 2 aliphatic rings. The third-order valence-corrected chi connectivity index (χ3v) is 6.58. The van der Waals surface area contributed by atoms with Crippen LogP contribution in [0.4, 0.5) is 0 Å². The van der Waals surface area contributed by atoms with E-state index < -0.39 is 15.6 Å². The summed E-state index contributed by atoms with van der Waals surface area (Å²) in [7, 11) is -3.40. The van der Waals surface area contributed by atoms with Gasteiger partial charge in [-0.15, -0.1) is 0 Å². The molecule has 1 spiro atoms. The molecule has 2 aliphatic heterocycles. The van der Waals surface area contributed by atoms with E-state index in [-0.39, 0.29) is 11.7 Å². The number of sulfonamides is 1. The van der Waals surface area contributed by atoms with Crippen LogP contribution in [0.2, 0.25) is 0 Å². The number of rotatable bonds is 3. The Morgan fingerprint density at radius 2 is 1.96 bits per heavy atom. The minimum absolute atomic E-state index is 0.000340. The molecule has 1 atom stereocenters. The number of nitrogens with zero attached hydrogens (tertiary/aromatic N) is 2. The van der Waals surface area contributed by atoms with Crippen LogP contribution in [0.3, 0.4) is 0 Å². The summed E-state index contributed by atoms with van der Waals surface area (Å²) >= 11 is 0. The van der Waals surface area contributed by atoms with Gasteiger partial charge in [0.1, 0.15) is 0 Å². The summed E-state index contributed by atoms with van der Waals surface area (Å²) < 4.78 is 33.1.